The molecule has 3 atom stereocenters. The van der Waals surface area contributed by atoms with Gasteiger partial charge in [-0.05, 0) is 39.5 Å². The Morgan fingerprint density at radius 2 is 1.86 bits per heavy atom. The summed E-state index contributed by atoms with van der Waals surface area (Å²) in [6.45, 7) is 6.58. The summed E-state index contributed by atoms with van der Waals surface area (Å²) >= 11 is 0. The Morgan fingerprint density at radius 1 is 1.18 bits per heavy atom. The zero-order chi connectivity index (χ0) is 16.1. The molecule has 2 aliphatic rings. The molecule has 1 aliphatic heterocycles. The van der Waals surface area contributed by atoms with Crippen molar-refractivity contribution in [3.63, 3.8) is 0 Å². The molecular formula is C17H32N3O2+. The van der Waals surface area contributed by atoms with Gasteiger partial charge in [0.25, 0.3) is 5.91 Å². The number of nitrogens with one attached hydrogen (secondary N) is 1. The van der Waals surface area contributed by atoms with Gasteiger partial charge in [-0.15, -0.1) is 0 Å². The third kappa shape index (κ3) is 4.00. The van der Waals surface area contributed by atoms with Crippen LogP contribution >= 0.6 is 0 Å². The molecule has 126 valence electrons. The summed E-state index contributed by atoms with van der Waals surface area (Å²) in [5, 5.41) is 0. The maximum absolute atomic E-state index is 12.9. The molecule has 22 heavy (non-hydrogen) atoms. The van der Waals surface area contributed by atoms with Crippen LogP contribution in [0.25, 0.3) is 0 Å². The van der Waals surface area contributed by atoms with Gasteiger partial charge in [-0.25, -0.2) is 0 Å². The number of carbonyl (C=O) groups excluding carboxylic acids is 2. The molecule has 1 heterocycles. The van der Waals surface area contributed by atoms with Crippen LogP contribution in [0.3, 0.4) is 0 Å². The van der Waals surface area contributed by atoms with E-state index in [1.165, 1.54) is 24.2 Å². The average Bonchev–Trinajstić information content (AvgIpc) is 2.55. The molecular weight excluding hydrogens is 278 g/mol. The van der Waals surface area contributed by atoms with Gasteiger partial charge in [0, 0.05) is 12.6 Å². The lowest BCUT2D eigenvalue weighted by Crippen LogP contribution is -3.18. The van der Waals surface area contributed by atoms with Crippen LogP contribution < -0.4 is 10.6 Å². The Balaban J connectivity index is 1.98. The molecule has 5 nitrogen and oxygen atoms in total. The van der Waals surface area contributed by atoms with Crippen molar-refractivity contribution >= 4 is 11.8 Å². The molecule has 5 heteroatoms. The van der Waals surface area contributed by atoms with Crippen molar-refractivity contribution in [1.82, 2.24) is 4.90 Å². The van der Waals surface area contributed by atoms with Crippen molar-refractivity contribution < 1.29 is 14.5 Å². The van der Waals surface area contributed by atoms with Gasteiger partial charge in [0.2, 0.25) is 5.91 Å². The molecule has 2 rings (SSSR count). The average molecular weight is 310 g/mol. The number of rotatable bonds is 5. The zero-order valence-corrected chi connectivity index (χ0v) is 14.1. The fourth-order valence-corrected chi connectivity index (χ4v) is 4.14. The quantitative estimate of drug-likeness (QED) is 0.769. The summed E-state index contributed by atoms with van der Waals surface area (Å²) in [4.78, 5) is 27.7. The molecule has 0 aromatic heterocycles. The number of piperidine rings is 1. The summed E-state index contributed by atoms with van der Waals surface area (Å²) in [5.74, 6) is -0.0187. The van der Waals surface area contributed by atoms with Crippen molar-refractivity contribution in [3.8, 4) is 0 Å². The highest BCUT2D eigenvalue weighted by molar-refractivity contribution is 5.80. The first kappa shape index (κ1) is 17.3. The van der Waals surface area contributed by atoms with Gasteiger partial charge < -0.3 is 15.5 Å². The van der Waals surface area contributed by atoms with Crippen molar-refractivity contribution in [2.24, 2.45) is 11.7 Å². The van der Waals surface area contributed by atoms with Crippen molar-refractivity contribution in [1.29, 1.82) is 0 Å². The van der Waals surface area contributed by atoms with E-state index in [-0.39, 0.29) is 23.8 Å². The van der Waals surface area contributed by atoms with E-state index in [0.717, 1.165) is 38.8 Å². The number of likely N-dealkylation sites (N-methyl/N-ethyl adjacent to an activating group) is 1. The first-order chi connectivity index (χ1) is 10.5. The fourth-order valence-electron chi connectivity index (χ4n) is 4.14. The summed E-state index contributed by atoms with van der Waals surface area (Å²) in [6.07, 6.45) is 7.93. The normalized spacial score (nSPS) is 28.1. The van der Waals surface area contributed by atoms with Gasteiger partial charge in [0.1, 0.15) is 0 Å². The molecule has 1 unspecified atom stereocenters. The minimum Gasteiger partial charge on any atom is -0.369 e. The highest BCUT2D eigenvalue weighted by Crippen LogP contribution is 2.23. The molecule has 1 saturated heterocycles. The topological polar surface area (TPSA) is 67.8 Å². The van der Waals surface area contributed by atoms with Crippen molar-refractivity contribution in [2.45, 2.75) is 70.9 Å². The Kier molecular flexibility index (Phi) is 6.24. The summed E-state index contributed by atoms with van der Waals surface area (Å²) < 4.78 is 0. The van der Waals surface area contributed by atoms with Crippen LogP contribution in [0.4, 0.5) is 0 Å². The van der Waals surface area contributed by atoms with Gasteiger partial charge in [0.15, 0.2) is 6.04 Å². The predicted octanol–water partition coefficient (Wildman–Crippen LogP) is 0.336. The van der Waals surface area contributed by atoms with Gasteiger partial charge in [-0.1, -0.05) is 19.3 Å². The van der Waals surface area contributed by atoms with Crippen LogP contribution in [-0.2, 0) is 9.59 Å². The van der Waals surface area contributed by atoms with E-state index in [2.05, 4.69) is 11.8 Å². The number of hydrogen-bond donors (Lipinski definition) is 2. The zero-order valence-electron chi connectivity index (χ0n) is 14.1. The smallest absolute Gasteiger partial charge is 0.280 e. The Labute approximate surface area is 134 Å². The molecule has 2 fully saturated rings. The SMILES string of the molecule is CCN(C(=O)[C@@H](C)[NH+]1CCC[C@H](C(N)=O)C1)C1CCCCC1. The van der Waals surface area contributed by atoms with Crippen LogP contribution in [0.5, 0.6) is 0 Å². The van der Waals surface area contributed by atoms with E-state index in [1.807, 2.05) is 6.92 Å². The largest absolute Gasteiger partial charge is 0.369 e. The predicted molar refractivity (Wildman–Crippen MR) is 86.3 cm³/mol. The Morgan fingerprint density at radius 3 is 2.45 bits per heavy atom. The second-order valence-electron chi connectivity index (χ2n) is 6.99. The lowest BCUT2D eigenvalue weighted by Gasteiger charge is -2.38. The summed E-state index contributed by atoms with van der Waals surface area (Å²) in [7, 11) is 0. The molecule has 1 saturated carbocycles. The molecule has 2 amide bonds. The second-order valence-corrected chi connectivity index (χ2v) is 6.99. The highest BCUT2D eigenvalue weighted by atomic mass is 16.2. The van der Waals surface area contributed by atoms with Crippen LogP contribution in [0.2, 0.25) is 0 Å². The van der Waals surface area contributed by atoms with Gasteiger partial charge >= 0.3 is 0 Å². The number of hydrogen-bond acceptors (Lipinski definition) is 2. The van der Waals surface area contributed by atoms with E-state index in [4.69, 9.17) is 5.73 Å². The van der Waals surface area contributed by atoms with Crippen LogP contribution in [-0.4, -0.2) is 48.4 Å². The molecule has 0 aromatic carbocycles. The number of quaternary nitrogens is 1. The maximum Gasteiger partial charge on any atom is 0.280 e. The lowest BCUT2D eigenvalue weighted by atomic mass is 9.93. The minimum absolute atomic E-state index is 0.0657. The van der Waals surface area contributed by atoms with Crippen LogP contribution in [0.1, 0.15) is 58.8 Å². The van der Waals surface area contributed by atoms with Gasteiger partial charge in [-0.3, -0.25) is 9.59 Å². The van der Waals surface area contributed by atoms with E-state index >= 15 is 0 Å². The van der Waals surface area contributed by atoms with Crippen molar-refractivity contribution in [2.75, 3.05) is 19.6 Å². The minimum atomic E-state index is -0.212. The van der Waals surface area contributed by atoms with E-state index in [1.54, 1.807) is 0 Å². The number of carbonyl (C=O) groups is 2. The van der Waals surface area contributed by atoms with Crippen LogP contribution in [0, 0.1) is 5.92 Å². The molecule has 3 N–H and O–H groups in total. The highest BCUT2D eigenvalue weighted by Gasteiger charge is 2.36. The summed E-state index contributed by atoms with van der Waals surface area (Å²) in [6, 6.07) is 0.355. The van der Waals surface area contributed by atoms with E-state index in [0.29, 0.717) is 12.6 Å². The molecule has 0 spiro atoms. The standard InChI is InChI=1S/C17H31N3O2/c1-3-20(15-9-5-4-6-10-15)17(22)13(2)19-11-7-8-14(12-19)16(18)21/h13-15H,3-12H2,1-2H3,(H2,18,21)/p+1/t13-,14+/m1/s1. The fraction of sp³-hybridized carbons (Fsp3) is 0.882. The number of nitrogens with zero attached hydrogens (tertiary/aromatic N) is 1. The monoisotopic (exact) mass is 310 g/mol. The number of amides is 2. The lowest BCUT2D eigenvalue weighted by molar-refractivity contribution is -0.921. The van der Waals surface area contributed by atoms with E-state index in [9.17, 15) is 9.59 Å². The maximum atomic E-state index is 12.9. The number of primary amides is 1. The Bertz CT molecular complexity index is 393. The first-order valence-electron chi connectivity index (χ1n) is 8.99. The number of likely N-dealkylation sites (tertiary alicyclic amines) is 1. The van der Waals surface area contributed by atoms with Crippen molar-refractivity contribution in [3.05, 3.63) is 0 Å². The summed E-state index contributed by atoms with van der Waals surface area (Å²) in [5.41, 5.74) is 5.46. The number of nitrogens with two attached hydrogens (primary N) is 1. The molecule has 0 bridgehead atoms. The first-order valence-corrected chi connectivity index (χ1v) is 8.99. The Hall–Kier alpha value is -1.10. The third-order valence-electron chi connectivity index (χ3n) is 5.58. The second kappa shape index (κ2) is 7.95. The molecule has 1 aliphatic carbocycles. The molecule has 0 radical (unpaired) electrons. The van der Waals surface area contributed by atoms with E-state index < -0.39 is 0 Å². The van der Waals surface area contributed by atoms with Gasteiger partial charge in [0.05, 0.1) is 19.0 Å². The molecule has 0 aromatic rings. The van der Waals surface area contributed by atoms with Crippen LogP contribution in [0.15, 0.2) is 0 Å². The van der Waals surface area contributed by atoms with Gasteiger partial charge in [-0.2, -0.15) is 0 Å². The third-order valence-corrected chi connectivity index (χ3v) is 5.58.